The molecule has 1 unspecified atom stereocenters. The molecule has 7 nitrogen and oxygen atoms in total. The second-order valence-electron chi connectivity index (χ2n) is 7.06. The average Bonchev–Trinajstić information content (AvgIpc) is 2.78. The lowest BCUT2D eigenvalue weighted by Gasteiger charge is -2.17. The lowest BCUT2D eigenvalue weighted by molar-refractivity contribution is -0.137. The third kappa shape index (κ3) is 4.40. The van der Waals surface area contributed by atoms with Gasteiger partial charge in [0.05, 0.1) is 35.6 Å². The molecule has 32 heavy (non-hydrogen) atoms. The molecule has 0 radical (unpaired) electrons. The lowest BCUT2D eigenvalue weighted by Crippen LogP contribution is -2.27. The molecular weight excluding hydrogens is 423 g/mol. The van der Waals surface area contributed by atoms with Gasteiger partial charge in [0, 0.05) is 30.6 Å². The van der Waals surface area contributed by atoms with Crippen molar-refractivity contribution in [2.75, 3.05) is 13.7 Å². The molecule has 1 aromatic carbocycles. The molecule has 0 saturated heterocycles. The van der Waals surface area contributed by atoms with Gasteiger partial charge >= 0.3 is 6.18 Å². The van der Waals surface area contributed by atoms with E-state index in [4.69, 9.17) is 5.41 Å². The number of nitrogens with one attached hydrogen (secondary N) is 2. The van der Waals surface area contributed by atoms with Crippen molar-refractivity contribution in [1.82, 2.24) is 19.9 Å². The highest BCUT2D eigenvalue weighted by molar-refractivity contribution is 6.12. The van der Waals surface area contributed by atoms with Gasteiger partial charge in [-0.05, 0) is 24.6 Å². The van der Waals surface area contributed by atoms with Crippen LogP contribution in [0.15, 0.2) is 47.7 Å². The van der Waals surface area contributed by atoms with Crippen LogP contribution >= 0.6 is 0 Å². The molecule has 0 bridgehead atoms. The number of hydrogen-bond acceptors (Lipinski definition) is 6. The summed E-state index contributed by atoms with van der Waals surface area (Å²) in [5, 5.41) is 20.3. The topological polar surface area (TPSA) is 104 Å². The number of alkyl halides is 3. The minimum Gasteiger partial charge on any atom is -0.394 e. The smallest absolute Gasteiger partial charge is 0.394 e. The van der Waals surface area contributed by atoms with E-state index in [1.165, 1.54) is 35.3 Å². The Hall–Kier alpha value is -3.53. The standard InChI is InChI=1S/C22H22F3N5O2/c1-3-16(11-31)30-12-28-20-17(21(30)32)8-18(29-19(20)14(9-26)10-27-2)13-4-6-15(7-5-13)22(23,24)25/h4-10,12,16,26-27,31H,3,11H2,1-2H3/b14-10+,26-9?. The average molecular weight is 445 g/mol. The van der Waals surface area contributed by atoms with Crippen molar-refractivity contribution < 1.29 is 18.3 Å². The number of nitrogens with zero attached hydrogens (tertiary/aromatic N) is 3. The van der Waals surface area contributed by atoms with Gasteiger partial charge in [-0.15, -0.1) is 0 Å². The van der Waals surface area contributed by atoms with Gasteiger partial charge in [0.1, 0.15) is 11.2 Å². The Morgan fingerprint density at radius 2 is 2.00 bits per heavy atom. The summed E-state index contributed by atoms with van der Waals surface area (Å²) in [6, 6.07) is 5.46. The predicted molar refractivity (Wildman–Crippen MR) is 116 cm³/mol. The number of hydrogen-bond donors (Lipinski definition) is 3. The van der Waals surface area contributed by atoms with Crippen LogP contribution in [0.5, 0.6) is 0 Å². The molecule has 3 N–H and O–H groups in total. The normalized spacial score (nSPS) is 13.2. The van der Waals surface area contributed by atoms with Crippen LogP contribution in [0.2, 0.25) is 0 Å². The number of aromatic nitrogens is 3. The summed E-state index contributed by atoms with van der Waals surface area (Å²) in [6.45, 7) is 1.57. The molecule has 168 valence electrons. The maximum atomic E-state index is 13.2. The molecule has 0 aliphatic heterocycles. The van der Waals surface area contributed by atoms with Crippen LogP contribution in [0, 0.1) is 5.41 Å². The number of allylic oxidation sites excluding steroid dienone is 1. The Morgan fingerprint density at radius 3 is 2.53 bits per heavy atom. The van der Waals surface area contributed by atoms with Crippen LogP contribution in [-0.4, -0.2) is 39.5 Å². The van der Waals surface area contributed by atoms with E-state index in [0.717, 1.165) is 18.3 Å². The zero-order chi connectivity index (χ0) is 23.5. The van der Waals surface area contributed by atoms with Gasteiger partial charge in [0.25, 0.3) is 5.56 Å². The molecule has 2 heterocycles. The fraction of sp³-hybridized carbons (Fsp3) is 0.273. The number of halogens is 3. The molecule has 0 aliphatic carbocycles. The second kappa shape index (κ2) is 9.31. The van der Waals surface area contributed by atoms with Gasteiger partial charge in [-0.25, -0.2) is 9.97 Å². The van der Waals surface area contributed by atoms with E-state index in [9.17, 15) is 23.1 Å². The van der Waals surface area contributed by atoms with Crippen LogP contribution in [0.3, 0.4) is 0 Å². The Kier molecular flexibility index (Phi) is 6.73. The van der Waals surface area contributed by atoms with Gasteiger partial charge in [0.2, 0.25) is 0 Å². The summed E-state index contributed by atoms with van der Waals surface area (Å²) < 4.78 is 40.2. The summed E-state index contributed by atoms with van der Waals surface area (Å²) in [4.78, 5) is 22.1. The quantitative estimate of drug-likeness (QED) is 0.482. The van der Waals surface area contributed by atoms with Crippen LogP contribution in [0.1, 0.15) is 30.6 Å². The first kappa shape index (κ1) is 23.1. The Bertz CT molecular complexity index is 1210. The molecule has 0 aliphatic rings. The second-order valence-corrected chi connectivity index (χ2v) is 7.06. The summed E-state index contributed by atoms with van der Waals surface area (Å²) in [7, 11) is 1.64. The van der Waals surface area contributed by atoms with Gasteiger partial charge in [0.15, 0.2) is 0 Å². The van der Waals surface area contributed by atoms with Crippen molar-refractivity contribution in [3.8, 4) is 11.3 Å². The zero-order valence-corrected chi connectivity index (χ0v) is 17.4. The van der Waals surface area contributed by atoms with Crippen molar-refractivity contribution in [2.24, 2.45) is 0 Å². The van der Waals surface area contributed by atoms with Crippen LogP contribution in [0.25, 0.3) is 27.7 Å². The van der Waals surface area contributed by atoms with Gasteiger partial charge in [-0.1, -0.05) is 19.1 Å². The minimum absolute atomic E-state index is 0.183. The minimum atomic E-state index is -4.47. The molecular formula is C22H22F3N5O2. The number of benzene rings is 1. The molecule has 0 spiro atoms. The highest BCUT2D eigenvalue weighted by atomic mass is 19.4. The van der Waals surface area contributed by atoms with Crippen molar-refractivity contribution in [3.05, 3.63) is 64.5 Å². The number of pyridine rings is 1. The third-order valence-corrected chi connectivity index (χ3v) is 5.08. The maximum absolute atomic E-state index is 13.2. The van der Waals surface area contributed by atoms with Gasteiger partial charge in [-0.3, -0.25) is 9.36 Å². The fourth-order valence-corrected chi connectivity index (χ4v) is 3.33. The van der Waals surface area contributed by atoms with E-state index in [-0.39, 0.29) is 28.9 Å². The third-order valence-electron chi connectivity index (χ3n) is 5.08. The Balaban J connectivity index is 2.32. The Labute approximate surface area is 181 Å². The molecule has 0 saturated carbocycles. The largest absolute Gasteiger partial charge is 0.416 e. The van der Waals surface area contributed by atoms with Crippen molar-refractivity contribution in [3.63, 3.8) is 0 Å². The number of rotatable bonds is 7. The predicted octanol–water partition coefficient (Wildman–Crippen LogP) is 3.63. The summed E-state index contributed by atoms with van der Waals surface area (Å²) >= 11 is 0. The number of fused-ring (bicyclic) bond motifs is 1. The van der Waals surface area contributed by atoms with Gasteiger partial charge < -0.3 is 15.8 Å². The maximum Gasteiger partial charge on any atom is 0.416 e. The summed E-state index contributed by atoms with van der Waals surface area (Å²) in [5.74, 6) is 0. The van der Waals surface area contributed by atoms with Crippen LogP contribution in [-0.2, 0) is 6.18 Å². The summed E-state index contributed by atoms with van der Waals surface area (Å²) in [5.41, 5.74) is 0.252. The SMILES string of the molecule is CCC(CO)n1cnc2c(/C(C=N)=C/NC)nc(-c3ccc(C(F)(F)F)cc3)cc2c1=O. The van der Waals surface area contributed by atoms with E-state index >= 15 is 0 Å². The van der Waals surface area contributed by atoms with Crippen LogP contribution < -0.4 is 10.9 Å². The fourth-order valence-electron chi connectivity index (χ4n) is 3.33. The zero-order valence-electron chi connectivity index (χ0n) is 17.4. The molecule has 0 fully saturated rings. The molecule has 3 aromatic rings. The first-order chi connectivity index (χ1) is 15.2. The first-order valence-corrected chi connectivity index (χ1v) is 9.83. The molecule has 1 atom stereocenters. The van der Waals surface area contributed by atoms with E-state index in [2.05, 4.69) is 15.3 Å². The molecule has 0 amide bonds. The number of aliphatic hydroxyl groups excluding tert-OH is 1. The van der Waals surface area contributed by atoms with E-state index in [1.807, 2.05) is 6.92 Å². The molecule has 2 aromatic heterocycles. The van der Waals surface area contributed by atoms with Gasteiger partial charge in [-0.2, -0.15) is 13.2 Å². The molecule has 10 heteroatoms. The van der Waals surface area contributed by atoms with Crippen molar-refractivity contribution in [1.29, 1.82) is 5.41 Å². The highest BCUT2D eigenvalue weighted by Gasteiger charge is 2.30. The monoisotopic (exact) mass is 445 g/mol. The lowest BCUT2D eigenvalue weighted by atomic mass is 10.0. The van der Waals surface area contributed by atoms with E-state index in [1.54, 1.807) is 7.05 Å². The summed E-state index contributed by atoms with van der Waals surface area (Å²) in [6.07, 6.45) is -0.0795. The Morgan fingerprint density at radius 1 is 1.31 bits per heavy atom. The highest BCUT2D eigenvalue weighted by Crippen LogP contribution is 2.31. The van der Waals surface area contributed by atoms with E-state index in [0.29, 0.717) is 17.6 Å². The number of aliphatic hydroxyl groups is 1. The first-order valence-electron chi connectivity index (χ1n) is 9.83. The van der Waals surface area contributed by atoms with Crippen molar-refractivity contribution >= 4 is 22.7 Å². The molecule has 3 rings (SSSR count). The van der Waals surface area contributed by atoms with Crippen molar-refractivity contribution in [2.45, 2.75) is 25.6 Å². The van der Waals surface area contributed by atoms with Crippen LogP contribution in [0.4, 0.5) is 13.2 Å². The van der Waals surface area contributed by atoms with E-state index < -0.39 is 23.3 Å².